The zero-order chi connectivity index (χ0) is 14.7. The molecule has 0 saturated carbocycles. The van der Waals surface area contributed by atoms with E-state index in [1.54, 1.807) is 6.07 Å². The first-order valence-corrected chi connectivity index (χ1v) is 7.07. The van der Waals surface area contributed by atoms with E-state index in [0.717, 1.165) is 18.4 Å². The van der Waals surface area contributed by atoms with Crippen LogP contribution in [0.3, 0.4) is 0 Å². The van der Waals surface area contributed by atoms with Crippen molar-refractivity contribution in [3.8, 4) is 0 Å². The number of aromatic nitrogens is 2. The monoisotopic (exact) mass is 327 g/mol. The van der Waals surface area contributed by atoms with Crippen LogP contribution in [0.15, 0.2) is 28.8 Å². The molecule has 5 nitrogen and oxygen atoms in total. The summed E-state index contributed by atoms with van der Waals surface area (Å²) >= 11 is 0. The predicted molar refractivity (Wildman–Crippen MR) is 81.5 cm³/mol. The number of nitrogens with two attached hydrogens (primary N) is 1. The lowest BCUT2D eigenvalue weighted by Gasteiger charge is -2.32. The molecule has 0 bridgehead atoms. The van der Waals surface area contributed by atoms with Gasteiger partial charge >= 0.3 is 0 Å². The van der Waals surface area contributed by atoms with Crippen molar-refractivity contribution in [2.45, 2.75) is 24.7 Å². The number of rotatable bonds is 4. The second kappa shape index (κ2) is 7.17. The number of hydrogen-bond donors (Lipinski definition) is 1. The molecule has 1 aromatic heterocycles. The molecule has 3 rings (SSSR count). The van der Waals surface area contributed by atoms with Crippen LogP contribution < -0.4 is 5.73 Å². The summed E-state index contributed by atoms with van der Waals surface area (Å²) in [6.07, 6.45) is 2.01. The molecule has 1 aliphatic rings. The van der Waals surface area contributed by atoms with Gasteiger partial charge in [0.25, 0.3) is 0 Å². The van der Waals surface area contributed by atoms with E-state index in [2.05, 4.69) is 10.1 Å². The van der Waals surface area contributed by atoms with E-state index in [1.807, 2.05) is 6.07 Å². The van der Waals surface area contributed by atoms with Crippen LogP contribution in [0, 0.1) is 5.82 Å². The molecule has 0 amide bonds. The molecule has 2 heterocycles. The Morgan fingerprint density at radius 1 is 1.27 bits per heavy atom. The van der Waals surface area contributed by atoms with E-state index in [4.69, 9.17) is 15.0 Å². The van der Waals surface area contributed by atoms with Gasteiger partial charge in [0, 0.05) is 26.2 Å². The lowest BCUT2D eigenvalue weighted by Crippen LogP contribution is -2.40. The van der Waals surface area contributed by atoms with Crippen molar-refractivity contribution in [1.29, 1.82) is 0 Å². The van der Waals surface area contributed by atoms with E-state index in [9.17, 15) is 4.39 Å². The van der Waals surface area contributed by atoms with Gasteiger partial charge in [0.2, 0.25) is 5.89 Å². The Hall–Kier alpha value is -1.50. The van der Waals surface area contributed by atoms with Crippen molar-refractivity contribution in [1.82, 2.24) is 10.1 Å². The van der Waals surface area contributed by atoms with E-state index >= 15 is 0 Å². The highest BCUT2D eigenvalue weighted by Crippen LogP contribution is 2.32. The van der Waals surface area contributed by atoms with E-state index in [0.29, 0.717) is 37.9 Å². The molecule has 1 aromatic carbocycles. The molecule has 22 heavy (non-hydrogen) atoms. The third-order valence-corrected chi connectivity index (χ3v) is 4.01. The van der Waals surface area contributed by atoms with Crippen LogP contribution in [0.4, 0.5) is 4.39 Å². The number of ether oxygens (including phenoxy) is 1. The zero-order valence-electron chi connectivity index (χ0n) is 12.1. The summed E-state index contributed by atoms with van der Waals surface area (Å²) in [6.45, 7) is 1.76. The summed E-state index contributed by atoms with van der Waals surface area (Å²) < 4.78 is 24.0. The Morgan fingerprint density at radius 3 is 2.73 bits per heavy atom. The molecule has 2 N–H and O–H groups in total. The third-order valence-electron chi connectivity index (χ3n) is 4.01. The Morgan fingerprint density at radius 2 is 2.05 bits per heavy atom. The quantitative estimate of drug-likeness (QED) is 0.932. The molecular weight excluding hydrogens is 309 g/mol. The highest BCUT2D eigenvalue weighted by molar-refractivity contribution is 5.85. The maximum Gasteiger partial charge on any atom is 0.234 e. The van der Waals surface area contributed by atoms with Gasteiger partial charge in [-0.25, -0.2) is 4.39 Å². The van der Waals surface area contributed by atoms with Crippen LogP contribution in [-0.2, 0) is 16.6 Å². The Labute approximate surface area is 134 Å². The molecule has 7 heteroatoms. The summed E-state index contributed by atoms with van der Waals surface area (Å²) in [5, 5.41) is 4.00. The van der Waals surface area contributed by atoms with Crippen LogP contribution in [0.1, 0.15) is 30.1 Å². The topological polar surface area (TPSA) is 74.2 Å². The van der Waals surface area contributed by atoms with Crippen LogP contribution in [-0.4, -0.2) is 29.9 Å². The maximum atomic E-state index is 13.2. The standard InChI is InChI=1S/C15H18FN3O2.ClH/c16-12-3-1-2-11(8-12)9-13-18-14(21-19-13)15(10-17)4-6-20-7-5-15;/h1-3,8H,4-7,9-10,17H2;1H. The van der Waals surface area contributed by atoms with Crippen molar-refractivity contribution >= 4 is 12.4 Å². The first kappa shape index (κ1) is 16.9. The van der Waals surface area contributed by atoms with Gasteiger partial charge in [0.05, 0.1) is 5.41 Å². The lowest BCUT2D eigenvalue weighted by molar-refractivity contribution is 0.0409. The van der Waals surface area contributed by atoms with Crippen LogP contribution >= 0.6 is 12.4 Å². The van der Waals surface area contributed by atoms with Gasteiger partial charge < -0.3 is 15.0 Å². The van der Waals surface area contributed by atoms with E-state index in [-0.39, 0.29) is 23.6 Å². The van der Waals surface area contributed by atoms with Crippen molar-refractivity contribution < 1.29 is 13.7 Å². The second-order valence-electron chi connectivity index (χ2n) is 5.42. The van der Waals surface area contributed by atoms with Crippen molar-refractivity contribution in [3.63, 3.8) is 0 Å². The minimum absolute atomic E-state index is 0. The van der Waals surface area contributed by atoms with Crippen LogP contribution in [0.5, 0.6) is 0 Å². The molecule has 0 spiro atoms. The molecule has 0 aliphatic carbocycles. The average molecular weight is 328 g/mol. The lowest BCUT2D eigenvalue weighted by atomic mass is 9.80. The van der Waals surface area contributed by atoms with E-state index in [1.165, 1.54) is 12.1 Å². The first-order valence-electron chi connectivity index (χ1n) is 7.07. The van der Waals surface area contributed by atoms with E-state index < -0.39 is 0 Å². The molecule has 120 valence electrons. The smallest absolute Gasteiger partial charge is 0.234 e. The molecule has 0 radical (unpaired) electrons. The highest BCUT2D eigenvalue weighted by atomic mass is 35.5. The molecule has 1 saturated heterocycles. The fourth-order valence-electron chi connectivity index (χ4n) is 2.64. The van der Waals surface area contributed by atoms with Gasteiger partial charge in [-0.05, 0) is 30.5 Å². The number of nitrogens with zero attached hydrogens (tertiary/aromatic N) is 2. The summed E-state index contributed by atoms with van der Waals surface area (Å²) in [4.78, 5) is 4.47. The SMILES string of the molecule is Cl.NCC1(c2nc(Cc3cccc(F)c3)no2)CCOCC1. The minimum atomic E-state index is -0.286. The minimum Gasteiger partial charge on any atom is -0.381 e. The predicted octanol–water partition coefficient (Wildman–Crippen LogP) is 2.23. The summed E-state index contributed by atoms with van der Waals surface area (Å²) in [5.74, 6) is 0.855. The fraction of sp³-hybridized carbons (Fsp3) is 0.467. The number of halogens is 2. The van der Waals surface area contributed by atoms with Crippen LogP contribution in [0.25, 0.3) is 0 Å². The largest absolute Gasteiger partial charge is 0.381 e. The highest BCUT2D eigenvalue weighted by Gasteiger charge is 2.38. The van der Waals surface area contributed by atoms with Crippen molar-refractivity contribution in [2.75, 3.05) is 19.8 Å². The Bertz CT molecular complexity index is 614. The average Bonchev–Trinajstić information content (AvgIpc) is 2.97. The second-order valence-corrected chi connectivity index (χ2v) is 5.42. The number of benzene rings is 1. The summed E-state index contributed by atoms with van der Waals surface area (Å²) in [5.41, 5.74) is 6.45. The molecular formula is C15H19ClFN3O2. The summed E-state index contributed by atoms with van der Waals surface area (Å²) in [7, 11) is 0. The van der Waals surface area contributed by atoms with Crippen molar-refractivity contribution in [2.24, 2.45) is 5.73 Å². The molecule has 2 aromatic rings. The normalized spacial score (nSPS) is 17.0. The van der Waals surface area contributed by atoms with Gasteiger partial charge in [0.15, 0.2) is 5.82 Å². The Kier molecular flexibility index (Phi) is 5.50. The van der Waals surface area contributed by atoms with Crippen molar-refractivity contribution in [3.05, 3.63) is 47.4 Å². The fourth-order valence-corrected chi connectivity index (χ4v) is 2.64. The molecule has 1 aliphatic heterocycles. The zero-order valence-corrected chi connectivity index (χ0v) is 12.9. The third kappa shape index (κ3) is 3.45. The van der Waals surface area contributed by atoms with Gasteiger partial charge in [0.1, 0.15) is 5.82 Å². The van der Waals surface area contributed by atoms with Gasteiger partial charge in [-0.2, -0.15) is 4.98 Å². The molecule has 0 unspecified atom stereocenters. The number of hydrogen-bond acceptors (Lipinski definition) is 5. The summed E-state index contributed by atoms with van der Waals surface area (Å²) in [6, 6.07) is 6.40. The maximum absolute atomic E-state index is 13.2. The first-order chi connectivity index (χ1) is 10.2. The van der Waals surface area contributed by atoms with Gasteiger partial charge in [-0.1, -0.05) is 17.3 Å². The molecule has 1 fully saturated rings. The van der Waals surface area contributed by atoms with Gasteiger partial charge in [-0.3, -0.25) is 0 Å². The van der Waals surface area contributed by atoms with Gasteiger partial charge in [-0.15, -0.1) is 12.4 Å². The molecule has 0 atom stereocenters. The van der Waals surface area contributed by atoms with Crippen LogP contribution in [0.2, 0.25) is 0 Å². The Balaban J connectivity index is 0.00000176.